The first-order valence-electron chi connectivity index (χ1n) is 8.30. The van der Waals surface area contributed by atoms with Crippen molar-refractivity contribution in [2.75, 3.05) is 10.0 Å². The molecule has 1 aliphatic rings. The minimum atomic E-state index is -4.50. The van der Waals surface area contributed by atoms with Crippen LogP contribution in [0.25, 0.3) is 0 Å². The van der Waals surface area contributed by atoms with Crippen LogP contribution in [0.5, 0.6) is 0 Å². The Labute approximate surface area is 164 Å². The zero-order valence-electron chi connectivity index (χ0n) is 15.0. The molecule has 0 aliphatic carbocycles. The van der Waals surface area contributed by atoms with Crippen molar-refractivity contribution in [2.24, 2.45) is 0 Å². The number of hydrogen-bond donors (Lipinski definition) is 5. The molecule has 1 fully saturated rings. The van der Waals surface area contributed by atoms with Crippen LogP contribution in [0, 0.1) is 6.92 Å². The van der Waals surface area contributed by atoms with E-state index >= 15 is 0 Å². The summed E-state index contributed by atoms with van der Waals surface area (Å²) in [7, 11) is -4.50. The number of nitrogens with zero attached hydrogens (tertiary/aromatic N) is 2. The molecule has 3 rings (SSSR count). The Morgan fingerprint density at radius 3 is 2.28 bits per heavy atom. The number of hydrogen-bond acceptors (Lipinski definition) is 10. The van der Waals surface area contributed by atoms with Crippen LogP contribution in [0.3, 0.4) is 0 Å². The summed E-state index contributed by atoms with van der Waals surface area (Å²) in [6, 6.07) is 6.27. The number of sulfonamides is 1. The molecule has 5 unspecified atom stereocenters. The summed E-state index contributed by atoms with van der Waals surface area (Å²) in [5, 5.41) is 43.2. The highest BCUT2D eigenvalue weighted by molar-refractivity contribution is 7.92. The van der Waals surface area contributed by atoms with Gasteiger partial charge in [0.1, 0.15) is 24.1 Å². The van der Waals surface area contributed by atoms with E-state index in [-0.39, 0.29) is 16.5 Å². The topological polar surface area (TPSA) is 197 Å². The molecule has 0 amide bonds. The van der Waals surface area contributed by atoms with Crippen LogP contribution in [0.4, 0.5) is 11.5 Å². The van der Waals surface area contributed by atoms with Gasteiger partial charge in [0.05, 0.1) is 4.90 Å². The van der Waals surface area contributed by atoms with Gasteiger partial charge in [0.2, 0.25) is 0 Å². The van der Waals surface area contributed by atoms with Gasteiger partial charge in [0.25, 0.3) is 10.0 Å². The van der Waals surface area contributed by atoms with Crippen molar-refractivity contribution in [3.63, 3.8) is 0 Å². The highest BCUT2D eigenvalue weighted by Crippen LogP contribution is 2.32. The quantitative estimate of drug-likeness (QED) is 0.352. The SMILES string of the molecule is Cc1cc(N(C2OC(C(=O)O)C(O)C(O)C2O)S(=O)(=O)c2ccc(N)cc2)no1. The molecule has 0 spiro atoms. The maximum atomic E-state index is 13.3. The average Bonchev–Trinajstić information content (AvgIpc) is 3.07. The summed E-state index contributed by atoms with van der Waals surface area (Å²) in [4.78, 5) is 11.1. The second-order valence-electron chi connectivity index (χ2n) is 6.42. The number of aromatic nitrogens is 1. The Morgan fingerprint density at radius 2 is 1.76 bits per heavy atom. The first kappa shape index (κ1) is 21.0. The molecule has 13 heteroatoms. The molecule has 0 bridgehead atoms. The van der Waals surface area contributed by atoms with Crippen LogP contribution in [-0.2, 0) is 19.6 Å². The molecule has 5 atom stereocenters. The minimum absolute atomic E-state index is 0.221. The number of benzene rings is 1. The smallest absolute Gasteiger partial charge is 0.335 e. The van der Waals surface area contributed by atoms with Crippen molar-refractivity contribution in [2.45, 2.75) is 42.5 Å². The number of carboxylic acids is 1. The number of carboxylic acid groups (broad SMARTS) is 1. The minimum Gasteiger partial charge on any atom is -0.479 e. The van der Waals surface area contributed by atoms with Gasteiger partial charge in [-0.2, -0.15) is 0 Å². The number of anilines is 2. The van der Waals surface area contributed by atoms with Crippen LogP contribution < -0.4 is 10.0 Å². The van der Waals surface area contributed by atoms with Crippen LogP contribution in [-0.4, -0.2) is 70.6 Å². The number of ether oxygens (including phenoxy) is 1. The summed E-state index contributed by atoms with van der Waals surface area (Å²) < 4.78 is 37.1. The van der Waals surface area contributed by atoms with Gasteiger partial charge in [-0.15, -0.1) is 0 Å². The number of aliphatic hydroxyl groups is 3. The number of aliphatic carboxylic acids is 1. The second-order valence-corrected chi connectivity index (χ2v) is 8.24. The van der Waals surface area contributed by atoms with Crippen molar-refractivity contribution in [1.29, 1.82) is 0 Å². The number of nitrogens with two attached hydrogens (primary N) is 1. The van der Waals surface area contributed by atoms with Gasteiger partial charge in [-0.25, -0.2) is 17.5 Å². The van der Waals surface area contributed by atoms with Crippen molar-refractivity contribution in [1.82, 2.24) is 5.16 Å². The molecular formula is C16H19N3O9S. The summed E-state index contributed by atoms with van der Waals surface area (Å²) in [5.74, 6) is -1.76. The maximum absolute atomic E-state index is 13.3. The van der Waals surface area contributed by atoms with Gasteiger partial charge >= 0.3 is 5.97 Å². The zero-order valence-corrected chi connectivity index (χ0v) is 15.8. The van der Waals surface area contributed by atoms with E-state index in [9.17, 15) is 33.6 Å². The van der Waals surface area contributed by atoms with Gasteiger partial charge in [0.15, 0.2) is 18.1 Å². The lowest BCUT2D eigenvalue weighted by Gasteiger charge is -2.42. The summed E-state index contributed by atoms with van der Waals surface area (Å²) in [5.41, 5.74) is 5.88. The van der Waals surface area contributed by atoms with Crippen molar-refractivity contribution in [3.8, 4) is 0 Å². The van der Waals surface area contributed by atoms with Gasteiger partial charge in [-0.3, -0.25) is 0 Å². The van der Waals surface area contributed by atoms with E-state index in [0.29, 0.717) is 9.99 Å². The molecule has 1 saturated heterocycles. The van der Waals surface area contributed by atoms with Crippen LogP contribution in [0.2, 0.25) is 0 Å². The van der Waals surface area contributed by atoms with Crippen molar-refractivity contribution < 1.29 is 42.9 Å². The molecular weight excluding hydrogens is 410 g/mol. The van der Waals surface area contributed by atoms with Gasteiger partial charge in [-0.1, -0.05) is 5.16 Å². The number of nitrogen functional groups attached to an aromatic ring is 1. The second kappa shape index (κ2) is 7.61. The Bertz CT molecular complexity index is 991. The highest BCUT2D eigenvalue weighted by atomic mass is 32.2. The van der Waals surface area contributed by atoms with Gasteiger partial charge in [-0.05, 0) is 31.2 Å². The molecule has 0 radical (unpaired) electrons. The standard InChI is InChI=1S/C16H19N3O9S/c1-7-6-10(18-28-7)19(29(25,26)9-4-2-8(17)3-5-9)15-13(22)11(20)12(21)14(27-15)16(23)24/h2-6,11-15,20-22H,17H2,1H3,(H,23,24). The summed E-state index contributed by atoms with van der Waals surface area (Å²) in [6.07, 6.45) is -9.93. The van der Waals surface area contributed by atoms with E-state index < -0.39 is 46.6 Å². The Hall–Kier alpha value is -2.71. The lowest BCUT2D eigenvalue weighted by Crippen LogP contribution is -2.65. The number of rotatable bonds is 5. The van der Waals surface area contributed by atoms with Gasteiger partial charge in [0, 0.05) is 11.8 Å². The lowest BCUT2D eigenvalue weighted by atomic mass is 9.98. The molecule has 1 aromatic carbocycles. The molecule has 2 heterocycles. The molecule has 6 N–H and O–H groups in total. The Morgan fingerprint density at radius 1 is 1.14 bits per heavy atom. The van der Waals surface area contributed by atoms with Crippen molar-refractivity contribution in [3.05, 3.63) is 36.1 Å². The highest BCUT2D eigenvalue weighted by Gasteiger charge is 2.52. The van der Waals surface area contributed by atoms with E-state index in [2.05, 4.69) is 5.16 Å². The molecule has 12 nitrogen and oxygen atoms in total. The van der Waals surface area contributed by atoms with Crippen LogP contribution in [0.15, 0.2) is 39.8 Å². The lowest BCUT2D eigenvalue weighted by molar-refractivity contribution is -0.224. The summed E-state index contributed by atoms with van der Waals surface area (Å²) in [6.45, 7) is 1.49. The normalized spacial score (nSPS) is 27.5. The first-order valence-corrected chi connectivity index (χ1v) is 9.74. The zero-order chi connectivity index (χ0) is 21.5. The van der Waals surface area contributed by atoms with Gasteiger partial charge < -0.3 is 35.4 Å². The van der Waals surface area contributed by atoms with E-state index in [1.165, 1.54) is 37.3 Å². The van der Waals surface area contributed by atoms with E-state index in [1.807, 2.05) is 0 Å². The number of aliphatic hydroxyl groups excluding tert-OH is 3. The van der Waals surface area contributed by atoms with Crippen LogP contribution >= 0.6 is 0 Å². The maximum Gasteiger partial charge on any atom is 0.335 e. The van der Waals surface area contributed by atoms with E-state index in [1.54, 1.807) is 0 Å². The first-order chi connectivity index (χ1) is 13.5. The predicted octanol–water partition coefficient (Wildman–Crippen LogP) is -1.35. The third kappa shape index (κ3) is 3.77. The van der Waals surface area contributed by atoms with Crippen LogP contribution in [0.1, 0.15) is 5.76 Å². The van der Waals surface area contributed by atoms with E-state index in [4.69, 9.17) is 15.0 Å². The molecule has 0 saturated carbocycles. The predicted molar refractivity (Wildman–Crippen MR) is 96.1 cm³/mol. The third-order valence-electron chi connectivity index (χ3n) is 4.34. The Kier molecular flexibility index (Phi) is 5.51. The molecule has 158 valence electrons. The Balaban J connectivity index is 2.13. The third-order valence-corrected chi connectivity index (χ3v) is 6.12. The van der Waals surface area contributed by atoms with Crippen molar-refractivity contribution >= 4 is 27.5 Å². The molecule has 1 aromatic heterocycles. The molecule has 1 aliphatic heterocycles. The molecule has 2 aromatic rings. The average molecular weight is 429 g/mol. The largest absolute Gasteiger partial charge is 0.479 e. The monoisotopic (exact) mass is 429 g/mol. The fourth-order valence-electron chi connectivity index (χ4n) is 2.86. The fraction of sp³-hybridized carbons (Fsp3) is 0.375. The number of carbonyl (C=O) groups is 1. The fourth-order valence-corrected chi connectivity index (χ4v) is 4.35. The molecule has 29 heavy (non-hydrogen) atoms. The summed E-state index contributed by atoms with van der Waals surface area (Å²) >= 11 is 0. The van der Waals surface area contributed by atoms with E-state index in [0.717, 1.165) is 0 Å². The number of aryl methyl sites for hydroxylation is 1.